The predicted molar refractivity (Wildman–Crippen MR) is 29.6 cm³/mol. The van der Waals surface area contributed by atoms with Crippen LogP contribution in [0.15, 0.2) is 0 Å². The smallest absolute Gasteiger partial charge is 0.212 e. The quantitative estimate of drug-likeness (QED) is 0.399. The Kier molecular flexibility index (Phi) is 6.50. The van der Waals surface area contributed by atoms with Gasteiger partial charge in [0.05, 0.1) is 6.26 Å². The average Bonchev–Trinajstić information content (AvgIpc) is 1.35. The fourth-order valence-corrected chi connectivity index (χ4v) is 0. The molecule has 0 saturated heterocycles. The largest absolute Gasteiger partial charge is 0.222 e. The molecule has 1 radical (unpaired) electrons. The van der Waals surface area contributed by atoms with Crippen LogP contribution in [0.1, 0.15) is 0 Å². The number of nitrogens with one attached hydrogen (secondary N) is 1. The molecule has 0 aliphatic rings. The molecule has 0 aliphatic carbocycles. The fourth-order valence-electron chi connectivity index (χ4n) is 0. The van der Waals surface area contributed by atoms with Crippen molar-refractivity contribution in [1.82, 2.24) is 4.24 Å². The van der Waals surface area contributed by atoms with Crippen LogP contribution in [-0.2, 0) is 10.0 Å². The molecule has 0 heterocycles. The van der Waals surface area contributed by atoms with Gasteiger partial charge in [-0.1, -0.05) is 0 Å². The van der Waals surface area contributed by atoms with Gasteiger partial charge in [-0.3, -0.25) is 0 Å². The fraction of sp³-hybridized carbons (Fsp3) is 1.00. The molecule has 0 bridgehead atoms. The van der Waals surface area contributed by atoms with E-state index in [0.29, 0.717) is 0 Å². The summed E-state index contributed by atoms with van der Waals surface area (Å²) in [6.07, 6.45) is 0.972. The van der Waals surface area contributed by atoms with Crippen molar-refractivity contribution >= 4 is 51.4 Å². The Hall–Kier alpha value is 1.20. The molecule has 39 valence electrons. The first-order valence-electron chi connectivity index (χ1n) is 1.13. The summed E-state index contributed by atoms with van der Waals surface area (Å²) < 4.78 is 21.1. The molecule has 3 nitrogen and oxygen atoms in total. The van der Waals surface area contributed by atoms with Crippen LogP contribution in [0.4, 0.5) is 0 Å². The van der Waals surface area contributed by atoms with E-state index < -0.39 is 10.0 Å². The summed E-state index contributed by atoms with van der Waals surface area (Å²) in [5.74, 6) is 0. The summed E-state index contributed by atoms with van der Waals surface area (Å²) in [5, 5.41) is 0. The molecular formula is CH4ClNNaO2S. The Morgan fingerprint density at radius 2 is 1.71 bits per heavy atom. The van der Waals surface area contributed by atoms with Crippen molar-refractivity contribution < 1.29 is 8.42 Å². The van der Waals surface area contributed by atoms with Crippen LogP contribution in [0.5, 0.6) is 0 Å². The van der Waals surface area contributed by atoms with Crippen molar-refractivity contribution in [3.63, 3.8) is 0 Å². The molecule has 0 aromatic rings. The second-order valence-electron chi connectivity index (χ2n) is 0.849. The average molecular weight is 153 g/mol. The Morgan fingerprint density at radius 1 is 1.57 bits per heavy atom. The molecule has 7 heavy (non-hydrogen) atoms. The summed E-state index contributed by atoms with van der Waals surface area (Å²) in [6, 6.07) is 0. The molecule has 1 N–H and O–H groups in total. The second-order valence-corrected chi connectivity index (χ2v) is 3.01. The van der Waals surface area contributed by atoms with Crippen molar-refractivity contribution in [1.29, 1.82) is 0 Å². The molecule has 0 unspecified atom stereocenters. The summed E-state index contributed by atoms with van der Waals surface area (Å²) >= 11 is 4.64. The van der Waals surface area contributed by atoms with Crippen LogP contribution in [-0.4, -0.2) is 44.2 Å². The Bertz CT molecular complexity index is 120. The maximum absolute atomic E-state index is 9.76. The number of halogens is 1. The molecule has 6 heteroatoms. The van der Waals surface area contributed by atoms with Gasteiger partial charge < -0.3 is 0 Å². The minimum absolute atomic E-state index is 0. The van der Waals surface area contributed by atoms with Gasteiger partial charge >= 0.3 is 0 Å². The minimum atomic E-state index is -3.15. The van der Waals surface area contributed by atoms with Crippen molar-refractivity contribution in [2.45, 2.75) is 0 Å². The van der Waals surface area contributed by atoms with Crippen LogP contribution in [0.25, 0.3) is 0 Å². The molecule has 0 rings (SSSR count). The molecule has 0 aliphatic heterocycles. The van der Waals surface area contributed by atoms with Crippen LogP contribution in [0.2, 0.25) is 0 Å². The Labute approximate surface area is 69.9 Å². The van der Waals surface area contributed by atoms with Gasteiger partial charge in [-0.25, -0.2) is 8.42 Å². The monoisotopic (exact) mass is 152 g/mol. The van der Waals surface area contributed by atoms with Crippen molar-refractivity contribution in [3.8, 4) is 0 Å². The summed E-state index contributed by atoms with van der Waals surface area (Å²) in [5.41, 5.74) is 0. The maximum Gasteiger partial charge on any atom is 0.222 e. The van der Waals surface area contributed by atoms with E-state index in [1.807, 2.05) is 0 Å². The van der Waals surface area contributed by atoms with Gasteiger partial charge in [0.1, 0.15) is 0 Å². The number of sulfonamides is 1. The molecule has 0 aromatic heterocycles. The van der Waals surface area contributed by atoms with Gasteiger partial charge in [-0.2, -0.15) is 0 Å². The molecule has 0 aromatic carbocycles. The summed E-state index contributed by atoms with van der Waals surface area (Å²) in [4.78, 5) is 0. The second kappa shape index (κ2) is 4.12. The topological polar surface area (TPSA) is 46.2 Å². The third-order valence-corrected chi connectivity index (χ3v) is 1.26. The third kappa shape index (κ3) is 11.0. The predicted octanol–water partition coefficient (Wildman–Crippen LogP) is -0.691. The third-order valence-electron chi connectivity index (χ3n) is 0.140. The first-order chi connectivity index (χ1) is 2.56. The number of hydrogen-bond acceptors (Lipinski definition) is 2. The summed E-state index contributed by atoms with van der Waals surface area (Å²) in [7, 11) is -3.15. The van der Waals surface area contributed by atoms with Crippen molar-refractivity contribution in [2.75, 3.05) is 6.26 Å². The molecule has 0 amide bonds. The van der Waals surface area contributed by atoms with Gasteiger partial charge in [0.2, 0.25) is 10.0 Å². The van der Waals surface area contributed by atoms with E-state index in [2.05, 4.69) is 11.8 Å². The van der Waals surface area contributed by atoms with E-state index in [0.717, 1.165) is 6.26 Å². The summed E-state index contributed by atoms with van der Waals surface area (Å²) in [6.45, 7) is 0. The van der Waals surface area contributed by atoms with Gasteiger partial charge in [-0.05, 0) is 11.8 Å². The zero-order valence-electron chi connectivity index (χ0n) is 4.10. The van der Waals surface area contributed by atoms with E-state index in [4.69, 9.17) is 0 Å². The molecule has 0 saturated carbocycles. The minimum Gasteiger partial charge on any atom is -0.212 e. The van der Waals surface area contributed by atoms with Crippen LogP contribution in [0.3, 0.4) is 0 Å². The van der Waals surface area contributed by atoms with Gasteiger partial charge in [0.25, 0.3) is 0 Å². The number of hydrogen-bond donors (Lipinski definition) is 1. The van der Waals surface area contributed by atoms with Crippen LogP contribution >= 0.6 is 11.8 Å². The Morgan fingerprint density at radius 3 is 1.71 bits per heavy atom. The first kappa shape index (κ1) is 11.1. The number of rotatable bonds is 1. The first-order valence-corrected chi connectivity index (χ1v) is 3.40. The van der Waals surface area contributed by atoms with Crippen LogP contribution in [0, 0.1) is 0 Å². The zero-order chi connectivity index (χ0) is 5.21. The van der Waals surface area contributed by atoms with E-state index in [1.54, 1.807) is 4.24 Å². The van der Waals surface area contributed by atoms with E-state index in [-0.39, 0.29) is 29.6 Å². The Balaban J connectivity index is 0. The zero-order valence-corrected chi connectivity index (χ0v) is 7.68. The van der Waals surface area contributed by atoms with E-state index >= 15 is 0 Å². The van der Waals surface area contributed by atoms with Gasteiger partial charge in [0, 0.05) is 29.6 Å². The van der Waals surface area contributed by atoms with Gasteiger partial charge in [0.15, 0.2) is 0 Å². The molecule has 0 spiro atoms. The van der Waals surface area contributed by atoms with Crippen LogP contribution < -0.4 is 4.24 Å². The molecule has 0 atom stereocenters. The standard InChI is InChI=1S/CH4ClNO2S.Na/c1-6(4,5)3-2;/h3H,1H3;. The SMILES string of the molecule is CS(=O)(=O)NCl.[Na]. The van der Waals surface area contributed by atoms with Crippen molar-refractivity contribution in [2.24, 2.45) is 0 Å². The molecular weight excluding hydrogens is 149 g/mol. The molecule has 0 fully saturated rings. The normalized spacial score (nSPS) is 10.0. The van der Waals surface area contributed by atoms with E-state index in [1.165, 1.54) is 0 Å². The van der Waals surface area contributed by atoms with Gasteiger partial charge in [-0.15, -0.1) is 4.24 Å². The van der Waals surface area contributed by atoms with E-state index in [9.17, 15) is 8.42 Å². The van der Waals surface area contributed by atoms with Crippen molar-refractivity contribution in [3.05, 3.63) is 0 Å². The maximum atomic E-state index is 9.76.